The Morgan fingerprint density at radius 3 is 2.81 bits per heavy atom. The fourth-order valence-electron chi connectivity index (χ4n) is 2.96. The Bertz CT molecular complexity index is 579. The molecule has 1 N–H and O–H groups in total. The highest BCUT2D eigenvalue weighted by atomic mass is 32.1. The minimum absolute atomic E-state index is 0.607. The molecule has 112 valence electrons. The average Bonchev–Trinajstić information content (AvgIpc) is 3.04. The molecule has 21 heavy (non-hydrogen) atoms. The molecule has 0 amide bonds. The lowest BCUT2D eigenvalue weighted by molar-refractivity contribution is 0.320. The minimum atomic E-state index is 0.607. The van der Waals surface area contributed by atoms with Gasteiger partial charge in [-0.2, -0.15) is 0 Å². The first-order valence-corrected chi connectivity index (χ1v) is 8.45. The Hall–Kier alpha value is -1.23. The third kappa shape index (κ3) is 3.90. The van der Waals surface area contributed by atoms with E-state index < -0.39 is 0 Å². The van der Waals surface area contributed by atoms with E-state index in [1.54, 1.807) is 0 Å². The van der Waals surface area contributed by atoms with Crippen LogP contribution in [-0.2, 0) is 13.1 Å². The summed E-state index contributed by atoms with van der Waals surface area (Å²) >= 11 is 1.81. The monoisotopic (exact) mass is 301 g/mol. The molecule has 2 heterocycles. The molecule has 2 aromatic rings. The van der Waals surface area contributed by atoms with Gasteiger partial charge in [-0.1, -0.05) is 30.3 Å². The lowest BCUT2D eigenvalue weighted by Gasteiger charge is -2.16. The van der Waals surface area contributed by atoms with Crippen molar-refractivity contribution in [3.8, 4) is 0 Å². The van der Waals surface area contributed by atoms with Gasteiger partial charge in [0.1, 0.15) is 0 Å². The molecular weight excluding hydrogens is 278 g/mol. The normalized spacial score (nSPS) is 19.2. The van der Waals surface area contributed by atoms with Crippen LogP contribution in [0, 0.1) is 13.8 Å². The molecule has 4 heteroatoms. The molecule has 1 unspecified atom stereocenters. The molecular formula is C17H23N3S. The molecule has 1 fully saturated rings. The van der Waals surface area contributed by atoms with Gasteiger partial charge in [0.25, 0.3) is 0 Å². The van der Waals surface area contributed by atoms with Crippen molar-refractivity contribution >= 4 is 11.3 Å². The van der Waals surface area contributed by atoms with Gasteiger partial charge in [-0.15, -0.1) is 11.3 Å². The summed E-state index contributed by atoms with van der Waals surface area (Å²) in [4.78, 5) is 8.42. The second-order valence-electron chi connectivity index (χ2n) is 5.83. The standard InChI is InChI=1S/C17H23N3S/c1-13-17(21-14(2)19-13)10-18-16-8-9-20(12-16)11-15-6-4-3-5-7-15/h3-7,16,18H,8-12H2,1-2H3. The van der Waals surface area contributed by atoms with Gasteiger partial charge in [0.15, 0.2) is 0 Å². The van der Waals surface area contributed by atoms with Crippen molar-refractivity contribution in [2.24, 2.45) is 0 Å². The molecule has 1 aliphatic rings. The second kappa shape index (κ2) is 6.69. The highest BCUT2D eigenvalue weighted by Gasteiger charge is 2.22. The number of aromatic nitrogens is 1. The summed E-state index contributed by atoms with van der Waals surface area (Å²) in [6, 6.07) is 11.4. The third-order valence-corrected chi connectivity index (χ3v) is 5.15. The summed E-state index contributed by atoms with van der Waals surface area (Å²) in [5.74, 6) is 0. The minimum Gasteiger partial charge on any atom is -0.308 e. The van der Waals surface area contributed by atoms with E-state index in [2.05, 4.69) is 59.4 Å². The highest BCUT2D eigenvalue weighted by Crippen LogP contribution is 2.18. The lowest BCUT2D eigenvalue weighted by atomic mass is 10.2. The van der Waals surface area contributed by atoms with E-state index in [9.17, 15) is 0 Å². The van der Waals surface area contributed by atoms with E-state index in [1.807, 2.05) is 11.3 Å². The highest BCUT2D eigenvalue weighted by molar-refractivity contribution is 7.11. The maximum Gasteiger partial charge on any atom is 0.0900 e. The van der Waals surface area contributed by atoms with E-state index in [4.69, 9.17) is 0 Å². The number of hydrogen-bond donors (Lipinski definition) is 1. The van der Waals surface area contributed by atoms with Crippen LogP contribution in [0.5, 0.6) is 0 Å². The molecule has 3 rings (SSSR count). The number of likely N-dealkylation sites (tertiary alicyclic amines) is 1. The van der Waals surface area contributed by atoms with Gasteiger partial charge >= 0.3 is 0 Å². The number of benzene rings is 1. The van der Waals surface area contributed by atoms with E-state index in [0.717, 1.165) is 19.6 Å². The molecule has 0 saturated carbocycles. The number of aryl methyl sites for hydroxylation is 2. The smallest absolute Gasteiger partial charge is 0.0900 e. The first-order chi connectivity index (χ1) is 10.2. The van der Waals surface area contributed by atoms with Gasteiger partial charge in [0.2, 0.25) is 0 Å². The van der Waals surface area contributed by atoms with Crippen LogP contribution in [0.25, 0.3) is 0 Å². The van der Waals surface area contributed by atoms with Crippen molar-refractivity contribution in [2.75, 3.05) is 13.1 Å². The SMILES string of the molecule is Cc1nc(C)c(CNC2CCN(Cc3ccccc3)C2)s1. The van der Waals surface area contributed by atoms with Crippen LogP contribution in [-0.4, -0.2) is 29.0 Å². The summed E-state index contributed by atoms with van der Waals surface area (Å²) in [7, 11) is 0. The number of nitrogens with one attached hydrogen (secondary N) is 1. The number of nitrogens with zero attached hydrogens (tertiary/aromatic N) is 2. The molecule has 1 aromatic carbocycles. The number of thiazole rings is 1. The summed E-state index contributed by atoms with van der Waals surface area (Å²) in [6.45, 7) is 8.55. The van der Waals surface area contributed by atoms with Crippen molar-refractivity contribution in [1.29, 1.82) is 0 Å². The van der Waals surface area contributed by atoms with Gasteiger partial charge < -0.3 is 5.32 Å². The van der Waals surface area contributed by atoms with E-state index >= 15 is 0 Å². The van der Waals surface area contributed by atoms with Crippen LogP contribution >= 0.6 is 11.3 Å². The molecule has 0 aliphatic carbocycles. The van der Waals surface area contributed by atoms with Crippen molar-refractivity contribution < 1.29 is 0 Å². The maximum atomic E-state index is 4.50. The van der Waals surface area contributed by atoms with Crippen molar-refractivity contribution in [2.45, 2.75) is 39.4 Å². The van der Waals surface area contributed by atoms with E-state index in [-0.39, 0.29) is 0 Å². The maximum absolute atomic E-state index is 4.50. The predicted molar refractivity (Wildman–Crippen MR) is 88.6 cm³/mol. The molecule has 0 bridgehead atoms. The van der Waals surface area contributed by atoms with Crippen LogP contribution in [0.15, 0.2) is 30.3 Å². The Morgan fingerprint density at radius 1 is 1.29 bits per heavy atom. The molecule has 0 radical (unpaired) electrons. The quantitative estimate of drug-likeness (QED) is 0.919. The molecule has 1 atom stereocenters. The summed E-state index contributed by atoms with van der Waals surface area (Å²) in [6.07, 6.45) is 1.24. The van der Waals surface area contributed by atoms with Crippen molar-refractivity contribution in [3.63, 3.8) is 0 Å². The van der Waals surface area contributed by atoms with Crippen molar-refractivity contribution in [3.05, 3.63) is 51.5 Å². The van der Waals surface area contributed by atoms with Gasteiger partial charge in [-0.25, -0.2) is 4.98 Å². The van der Waals surface area contributed by atoms with Gasteiger partial charge in [0.05, 0.1) is 10.7 Å². The molecule has 3 nitrogen and oxygen atoms in total. The zero-order valence-electron chi connectivity index (χ0n) is 12.8. The van der Waals surface area contributed by atoms with Crippen LogP contribution in [0.1, 0.15) is 27.6 Å². The number of hydrogen-bond acceptors (Lipinski definition) is 4. The average molecular weight is 301 g/mol. The second-order valence-corrected chi connectivity index (χ2v) is 7.12. The largest absolute Gasteiger partial charge is 0.308 e. The zero-order chi connectivity index (χ0) is 14.7. The van der Waals surface area contributed by atoms with E-state index in [0.29, 0.717) is 6.04 Å². The molecule has 1 aliphatic heterocycles. The Labute approximate surface area is 131 Å². The van der Waals surface area contributed by atoms with Crippen LogP contribution < -0.4 is 5.32 Å². The Balaban J connectivity index is 1.47. The topological polar surface area (TPSA) is 28.2 Å². The zero-order valence-corrected chi connectivity index (χ0v) is 13.6. The van der Waals surface area contributed by atoms with Gasteiger partial charge in [0, 0.05) is 37.1 Å². The molecule has 0 spiro atoms. The summed E-state index contributed by atoms with van der Waals surface area (Å²) < 4.78 is 0. The van der Waals surface area contributed by atoms with Crippen LogP contribution in [0.3, 0.4) is 0 Å². The first kappa shape index (κ1) is 14.7. The van der Waals surface area contributed by atoms with Gasteiger partial charge in [-0.05, 0) is 25.8 Å². The van der Waals surface area contributed by atoms with Gasteiger partial charge in [-0.3, -0.25) is 4.90 Å². The third-order valence-electron chi connectivity index (χ3n) is 4.07. The summed E-state index contributed by atoms with van der Waals surface area (Å²) in [5, 5.41) is 4.86. The first-order valence-electron chi connectivity index (χ1n) is 7.63. The fourth-order valence-corrected chi connectivity index (χ4v) is 3.85. The number of rotatable bonds is 5. The Morgan fingerprint density at radius 2 is 2.10 bits per heavy atom. The van der Waals surface area contributed by atoms with E-state index in [1.165, 1.54) is 34.1 Å². The predicted octanol–water partition coefficient (Wildman–Crippen LogP) is 3.12. The lowest BCUT2D eigenvalue weighted by Crippen LogP contribution is -2.31. The van der Waals surface area contributed by atoms with Crippen LogP contribution in [0.4, 0.5) is 0 Å². The fraction of sp³-hybridized carbons (Fsp3) is 0.471. The molecule has 1 saturated heterocycles. The van der Waals surface area contributed by atoms with Crippen LogP contribution in [0.2, 0.25) is 0 Å². The van der Waals surface area contributed by atoms with Crippen molar-refractivity contribution in [1.82, 2.24) is 15.2 Å². The molecule has 1 aromatic heterocycles. The summed E-state index contributed by atoms with van der Waals surface area (Å²) in [5.41, 5.74) is 2.59. The Kier molecular flexibility index (Phi) is 4.68.